The molecule has 0 atom stereocenters. The Bertz CT molecular complexity index is 1260. The molecule has 194 valence electrons. The van der Waals surface area contributed by atoms with E-state index >= 15 is 0 Å². The predicted molar refractivity (Wildman–Crippen MR) is 124 cm³/mol. The summed E-state index contributed by atoms with van der Waals surface area (Å²) >= 11 is 0. The molecule has 0 unspecified atom stereocenters. The van der Waals surface area contributed by atoms with Gasteiger partial charge in [-0.25, -0.2) is 9.37 Å². The van der Waals surface area contributed by atoms with E-state index in [2.05, 4.69) is 25.3 Å². The van der Waals surface area contributed by atoms with E-state index in [1.165, 1.54) is 30.6 Å². The second-order valence-electron chi connectivity index (χ2n) is 7.95. The fourth-order valence-electron chi connectivity index (χ4n) is 3.51. The molecule has 1 aliphatic heterocycles. The van der Waals surface area contributed by atoms with E-state index in [0.29, 0.717) is 37.6 Å². The molecule has 0 bridgehead atoms. The number of amides is 2. The standard InChI is InChI=1S/C24H21F4N5O4/c25-17-3-1-2-15(10-17)19-12-30-21(13-29-19)32-23(35)16-4-5-20(37-24(26,27)28)18(11-16)31-22(34)14-33-6-8-36-9-7-33/h1-5,10-13H,6-9,14H2,(H,31,34)(H,30,32,35). The topological polar surface area (TPSA) is 106 Å². The van der Waals surface area contributed by atoms with Crippen molar-refractivity contribution in [2.45, 2.75) is 6.36 Å². The molecule has 37 heavy (non-hydrogen) atoms. The zero-order valence-electron chi connectivity index (χ0n) is 19.2. The smallest absolute Gasteiger partial charge is 0.404 e. The van der Waals surface area contributed by atoms with Gasteiger partial charge in [0.05, 0.1) is 43.5 Å². The lowest BCUT2D eigenvalue weighted by atomic mass is 10.1. The summed E-state index contributed by atoms with van der Waals surface area (Å²) in [6, 6.07) is 8.85. The first-order valence-electron chi connectivity index (χ1n) is 11.1. The number of alkyl halides is 3. The Kier molecular flexibility index (Phi) is 7.94. The second-order valence-corrected chi connectivity index (χ2v) is 7.95. The highest BCUT2D eigenvalue weighted by Gasteiger charge is 2.32. The molecule has 2 N–H and O–H groups in total. The number of nitrogens with zero attached hydrogens (tertiary/aromatic N) is 3. The SMILES string of the molecule is O=C(CN1CCOCC1)Nc1cc(C(=O)Nc2cnc(-c3cccc(F)c3)cn2)ccc1OC(F)(F)F. The maximum absolute atomic E-state index is 13.4. The molecule has 2 heterocycles. The maximum Gasteiger partial charge on any atom is 0.573 e. The molecule has 1 aromatic heterocycles. The number of anilines is 2. The van der Waals surface area contributed by atoms with Gasteiger partial charge in [0.25, 0.3) is 5.91 Å². The van der Waals surface area contributed by atoms with Crippen LogP contribution < -0.4 is 15.4 Å². The van der Waals surface area contributed by atoms with E-state index in [9.17, 15) is 27.2 Å². The van der Waals surface area contributed by atoms with Crippen LogP contribution in [-0.4, -0.2) is 65.9 Å². The lowest BCUT2D eigenvalue weighted by Crippen LogP contribution is -2.41. The molecule has 0 saturated carbocycles. The number of rotatable bonds is 7. The zero-order valence-corrected chi connectivity index (χ0v) is 19.2. The highest BCUT2D eigenvalue weighted by molar-refractivity contribution is 6.05. The van der Waals surface area contributed by atoms with Crippen LogP contribution in [0, 0.1) is 5.82 Å². The van der Waals surface area contributed by atoms with Gasteiger partial charge in [0.1, 0.15) is 5.82 Å². The number of halogens is 4. The number of aromatic nitrogens is 2. The summed E-state index contributed by atoms with van der Waals surface area (Å²) in [6.45, 7) is 1.81. The number of morpholine rings is 1. The van der Waals surface area contributed by atoms with Crippen molar-refractivity contribution in [2.75, 3.05) is 43.5 Å². The van der Waals surface area contributed by atoms with Gasteiger partial charge in [0.2, 0.25) is 5.91 Å². The summed E-state index contributed by atoms with van der Waals surface area (Å²) in [4.78, 5) is 35.2. The summed E-state index contributed by atoms with van der Waals surface area (Å²) in [5.74, 6) is -2.35. The maximum atomic E-state index is 13.4. The third-order valence-corrected chi connectivity index (χ3v) is 5.23. The van der Waals surface area contributed by atoms with Gasteiger partial charge in [-0.05, 0) is 30.3 Å². The van der Waals surface area contributed by atoms with Crippen molar-refractivity contribution in [1.82, 2.24) is 14.9 Å². The largest absolute Gasteiger partial charge is 0.573 e. The number of benzene rings is 2. The summed E-state index contributed by atoms with van der Waals surface area (Å²) in [5, 5.41) is 4.86. The molecule has 9 nitrogen and oxygen atoms in total. The molecule has 0 radical (unpaired) electrons. The summed E-state index contributed by atoms with van der Waals surface area (Å²) in [7, 11) is 0. The van der Waals surface area contributed by atoms with Crippen molar-refractivity contribution in [1.29, 1.82) is 0 Å². The Balaban J connectivity index is 1.48. The molecule has 2 aromatic carbocycles. The number of carbonyl (C=O) groups is 2. The molecule has 1 saturated heterocycles. The quantitative estimate of drug-likeness (QED) is 0.459. The highest BCUT2D eigenvalue weighted by Crippen LogP contribution is 2.31. The van der Waals surface area contributed by atoms with Crippen LogP contribution in [0.4, 0.5) is 29.1 Å². The highest BCUT2D eigenvalue weighted by atomic mass is 19.4. The number of hydrogen-bond acceptors (Lipinski definition) is 7. The van der Waals surface area contributed by atoms with Gasteiger partial charge in [0.15, 0.2) is 11.6 Å². The van der Waals surface area contributed by atoms with Gasteiger partial charge in [0, 0.05) is 24.2 Å². The van der Waals surface area contributed by atoms with Crippen molar-refractivity contribution in [2.24, 2.45) is 0 Å². The zero-order chi connectivity index (χ0) is 26.4. The van der Waals surface area contributed by atoms with Crippen LogP contribution >= 0.6 is 0 Å². The molecule has 1 aliphatic rings. The lowest BCUT2D eigenvalue weighted by molar-refractivity contribution is -0.274. The van der Waals surface area contributed by atoms with Crippen LogP contribution in [0.5, 0.6) is 5.75 Å². The Morgan fingerprint density at radius 1 is 1.03 bits per heavy atom. The van der Waals surface area contributed by atoms with E-state index in [-0.39, 0.29) is 23.6 Å². The van der Waals surface area contributed by atoms with Crippen molar-refractivity contribution in [3.8, 4) is 17.0 Å². The number of ether oxygens (including phenoxy) is 2. The Hall–Kier alpha value is -4.10. The fraction of sp³-hybridized carbons (Fsp3) is 0.250. The van der Waals surface area contributed by atoms with E-state index in [1.54, 1.807) is 11.0 Å². The van der Waals surface area contributed by atoms with Gasteiger partial charge in [-0.2, -0.15) is 0 Å². The van der Waals surface area contributed by atoms with E-state index in [4.69, 9.17) is 4.74 Å². The van der Waals surface area contributed by atoms with Crippen LogP contribution in [0.3, 0.4) is 0 Å². The molecule has 0 spiro atoms. The van der Waals surface area contributed by atoms with Crippen LogP contribution in [0.2, 0.25) is 0 Å². The van der Waals surface area contributed by atoms with E-state index < -0.39 is 29.7 Å². The summed E-state index contributed by atoms with van der Waals surface area (Å²) < 4.78 is 61.3. The molecule has 4 rings (SSSR count). The number of hydrogen-bond donors (Lipinski definition) is 2. The van der Waals surface area contributed by atoms with Crippen LogP contribution in [-0.2, 0) is 9.53 Å². The first-order valence-corrected chi connectivity index (χ1v) is 11.1. The summed E-state index contributed by atoms with van der Waals surface area (Å²) in [5.41, 5.74) is 0.475. The van der Waals surface area contributed by atoms with Gasteiger partial charge >= 0.3 is 6.36 Å². The molecule has 0 aliphatic carbocycles. The van der Waals surface area contributed by atoms with Gasteiger partial charge < -0.3 is 20.1 Å². The Labute approximate surface area is 208 Å². The lowest BCUT2D eigenvalue weighted by Gasteiger charge is -2.26. The first kappa shape index (κ1) is 26.0. The number of carbonyl (C=O) groups excluding carboxylic acids is 2. The molecule has 3 aromatic rings. The average molecular weight is 519 g/mol. The molecule has 13 heteroatoms. The van der Waals surface area contributed by atoms with Gasteiger partial charge in [-0.15, -0.1) is 13.2 Å². The Morgan fingerprint density at radius 2 is 1.81 bits per heavy atom. The van der Waals surface area contributed by atoms with Crippen molar-refractivity contribution in [3.05, 3.63) is 66.2 Å². The third kappa shape index (κ3) is 7.44. The normalized spacial score (nSPS) is 14.2. The molecular weight excluding hydrogens is 498 g/mol. The van der Waals surface area contributed by atoms with Crippen LogP contribution in [0.1, 0.15) is 10.4 Å². The monoisotopic (exact) mass is 519 g/mol. The minimum absolute atomic E-state index is 0.0543. The van der Waals surface area contributed by atoms with Crippen molar-refractivity contribution in [3.63, 3.8) is 0 Å². The minimum atomic E-state index is -5.01. The fourth-order valence-corrected chi connectivity index (χ4v) is 3.51. The van der Waals surface area contributed by atoms with Crippen LogP contribution in [0.25, 0.3) is 11.3 Å². The van der Waals surface area contributed by atoms with Gasteiger partial charge in [-0.1, -0.05) is 12.1 Å². The van der Waals surface area contributed by atoms with Crippen molar-refractivity contribution >= 4 is 23.3 Å². The minimum Gasteiger partial charge on any atom is -0.404 e. The first-order chi connectivity index (χ1) is 17.7. The average Bonchev–Trinajstić information content (AvgIpc) is 2.85. The summed E-state index contributed by atoms with van der Waals surface area (Å²) in [6.07, 6.45) is -2.42. The molecule has 2 amide bonds. The number of nitrogens with one attached hydrogen (secondary N) is 2. The molecular formula is C24H21F4N5O4. The Morgan fingerprint density at radius 3 is 2.49 bits per heavy atom. The second kappa shape index (κ2) is 11.3. The van der Waals surface area contributed by atoms with E-state index in [0.717, 1.165) is 18.2 Å². The van der Waals surface area contributed by atoms with Crippen LogP contribution in [0.15, 0.2) is 54.9 Å². The molecule has 1 fully saturated rings. The predicted octanol–water partition coefficient (Wildman–Crippen LogP) is 3.70. The third-order valence-electron chi connectivity index (χ3n) is 5.23. The van der Waals surface area contributed by atoms with Crippen molar-refractivity contribution < 1.29 is 36.6 Å². The van der Waals surface area contributed by atoms with Gasteiger partial charge in [-0.3, -0.25) is 19.5 Å². The van der Waals surface area contributed by atoms with E-state index in [1.807, 2.05) is 0 Å².